The quantitative estimate of drug-likeness (QED) is 0.739. The summed E-state index contributed by atoms with van der Waals surface area (Å²) in [6, 6.07) is 5.03. The van der Waals surface area contributed by atoms with Gasteiger partial charge in [-0.15, -0.1) is 0 Å². The molecule has 0 spiro atoms. The number of halogens is 1. The number of carbonyl (C=O) groups is 2. The Morgan fingerprint density at radius 3 is 2.55 bits per heavy atom. The van der Waals surface area contributed by atoms with Crippen molar-refractivity contribution in [2.24, 2.45) is 5.92 Å². The number of piperidine rings is 1. The molecule has 0 aromatic heterocycles. The van der Waals surface area contributed by atoms with E-state index in [0.717, 1.165) is 25.9 Å². The van der Waals surface area contributed by atoms with Gasteiger partial charge in [0.05, 0.1) is 18.2 Å². The molecule has 0 aliphatic carbocycles. The fourth-order valence-electron chi connectivity index (χ4n) is 4.03. The fraction of sp³-hybridized carbons (Fsp3) is 0.545. The first kappa shape index (κ1) is 21.3. The van der Waals surface area contributed by atoms with Gasteiger partial charge in [-0.3, -0.25) is 9.80 Å². The molecule has 0 saturated carbocycles. The molecule has 6 nitrogen and oxygen atoms in total. The number of urea groups is 1. The largest absolute Gasteiger partial charge is 0.463 e. The van der Waals surface area contributed by atoms with Crippen LogP contribution in [0.3, 0.4) is 0 Å². The van der Waals surface area contributed by atoms with Crippen LogP contribution in [0.25, 0.3) is 0 Å². The number of amides is 2. The van der Waals surface area contributed by atoms with E-state index in [2.05, 4.69) is 17.1 Å². The Morgan fingerprint density at radius 1 is 1.24 bits per heavy atom. The van der Waals surface area contributed by atoms with Crippen LogP contribution in [0.5, 0.6) is 0 Å². The van der Waals surface area contributed by atoms with E-state index in [1.807, 2.05) is 6.92 Å². The summed E-state index contributed by atoms with van der Waals surface area (Å²) in [5.41, 5.74) is 1.19. The molecule has 2 aliphatic rings. The first-order chi connectivity index (χ1) is 14.0. The molecule has 1 saturated heterocycles. The summed E-state index contributed by atoms with van der Waals surface area (Å²) >= 11 is 0. The van der Waals surface area contributed by atoms with Gasteiger partial charge in [0.15, 0.2) is 0 Å². The van der Waals surface area contributed by atoms with Crippen molar-refractivity contribution in [1.29, 1.82) is 0 Å². The maximum atomic E-state index is 14.6. The number of nitrogens with one attached hydrogen (secondary N) is 1. The first-order valence-electron chi connectivity index (χ1n) is 10.4. The van der Waals surface area contributed by atoms with Crippen molar-refractivity contribution >= 4 is 12.0 Å². The fourth-order valence-corrected chi connectivity index (χ4v) is 4.03. The lowest BCUT2D eigenvalue weighted by molar-refractivity contribution is -0.139. The summed E-state index contributed by atoms with van der Waals surface area (Å²) in [4.78, 5) is 29.6. The molecule has 1 aromatic carbocycles. The number of hydrogen-bond donors (Lipinski definition) is 1. The van der Waals surface area contributed by atoms with E-state index in [0.29, 0.717) is 30.3 Å². The molecule has 1 aromatic rings. The van der Waals surface area contributed by atoms with Crippen LogP contribution in [-0.4, -0.2) is 54.6 Å². The number of nitrogens with zero attached hydrogens (tertiary/aromatic N) is 2. The van der Waals surface area contributed by atoms with Gasteiger partial charge in [-0.25, -0.2) is 14.0 Å². The standard InChI is InChI=1S/C22H30FN3O3/c1-4-26-18(14-25-12-10-15(3)11-13-25)19(21(27)29-5-2)20(24-22(26)28)16-8-6-7-9-17(16)23/h6-9,15,20H,4-5,10-14H2,1-3H3,(H,24,28). The molecule has 2 aliphatic heterocycles. The molecule has 1 atom stereocenters. The summed E-state index contributed by atoms with van der Waals surface area (Å²) in [6.45, 7) is 8.74. The number of likely N-dealkylation sites (tertiary alicyclic amines) is 1. The van der Waals surface area contributed by atoms with Crippen LogP contribution in [-0.2, 0) is 9.53 Å². The summed E-state index contributed by atoms with van der Waals surface area (Å²) in [5.74, 6) is -0.303. The second-order valence-electron chi connectivity index (χ2n) is 7.69. The zero-order chi connectivity index (χ0) is 21.0. The van der Waals surface area contributed by atoms with Gasteiger partial charge < -0.3 is 10.1 Å². The highest BCUT2D eigenvalue weighted by Crippen LogP contribution is 2.33. The highest BCUT2D eigenvalue weighted by atomic mass is 19.1. The highest BCUT2D eigenvalue weighted by Gasteiger charge is 2.39. The average molecular weight is 403 g/mol. The van der Waals surface area contributed by atoms with Crippen LogP contribution in [0.15, 0.2) is 35.5 Å². The van der Waals surface area contributed by atoms with Gasteiger partial charge in [-0.05, 0) is 51.8 Å². The Kier molecular flexibility index (Phi) is 6.90. The molecule has 0 radical (unpaired) electrons. The van der Waals surface area contributed by atoms with E-state index in [4.69, 9.17) is 4.74 Å². The first-order valence-corrected chi connectivity index (χ1v) is 10.4. The van der Waals surface area contributed by atoms with Crippen LogP contribution in [0, 0.1) is 11.7 Å². The van der Waals surface area contributed by atoms with Crippen molar-refractivity contribution in [1.82, 2.24) is 15.1 Å². The second-order valence-corrected chi connectivity index (χ2v) is 7.69. The zero-order valence-corrected chi connectivity index (χ0v) is 17.4. The van der Waals surface area contributed by atoms with E-state index >= 15 is 0 Å². The number of hydrogen-bond acceptors (Lipinski definition) is 4. The van der Waals surface area contributed by atoms with Gasteiger partial charge in [0.1, 0.15) is 5.82 Å². The lowest BCUT2D eigenvalue weighted by Gasteiger charge is -2.39. The highest BCUT2D eigenvalue weighted by molar-refractivity contribution is 5.95. The van der Waals surface area contributed by atoms with E-state index < -0.39 is 17.8 Å². The monoisotopic (exact) mass is 403 g/mol. The number of benzene rings is 1. The predicted molar refractivity (Wildman–Crippen MR) is 109 cm³/mol. The third-order valence-corrected chi connectivity index (χ3v) is 5.72. The Labute approximate surface area is 171 Å². The maximum absolute atomic E-state index is 14.6. The van der Waals surface area contributed by atoms with Gasteiger partial charge in [-0.1, -0.05) is 25.1 Å². The van der Waals surface area contributed by atoms with Crippen molar-refractivity contribution in [3.8, 4) is 0 Å². The number of esters is 1. The SMILES string of the molecule is CCOC(=O)C1=C(CN2CCC(C)CC2)N(CC)C(=O)NC1c1ccccc1F. The van der Waals surface area contributed by atoms with E-state index in [9.17, 15) is 14.0 Å². The molecule has 158 valence electrons. The Hall–Kier alpha value is -2.41. The van der Waals surface area contributed by atoms with E-state index in [1.54, 1.807) is 30.0 Å². The summed E-state index contributed by atoms with van der Waals surface area (Å²) < 4.78 is 19.9. The van der Waals surface area contributed by atoms with Gasteiger partial charge in [0.25, 0.3) is 0 Å². The van der Waals surface area contributed by atoms with Crippen LogP contribution < -0.4 is 5.32 Å². The van der Waals surface area contributed by atoms with Gasteiger partial charge in [-0.2, -0.15) is 0 Å². The van der Waals surface area contributed by atoms with E-state index in [1.165, 1.54) is 6.07 Å². The molecule has 0 bridgehead atoms. The Bertz CT molecular complexity index is 787. The Morgan fingerprint density at radius 2 is 1.93 bits per heavy atom. The molecule has 7 heteroatoms. The van der Waals surface area contributed by atoms with Crippen molar-refractivity contribution in [2.75, 3.05) is 32.8 Å². The Balaban J connectivity index is 2.07. The molecule has 3 rings (SSSR count). The summed E-state index contributed by atoms with van der Waals surface area (Å²) in [6.07, 6.45) is 2.16. The minimum atomic E-state index is -0.871. The van der Waals surface area contributed by atoms with Crippen molar-refractivity contribution < 1.29 is 18.7 Å². The lowest BCUT2D eigenvalue weighted by Crippen LogP contribution is -2.51. The third kappa shape index (κ3) is 4.61. The van der Waals surface area contributed by atoms with Crippen molar-refractivity contribution in [2.45, 2.75) is 39.7 Å². The minimum absolute atomic E-state index is 0.209. The smallest absolute Gasteiger partial charge is 0.338 e. The van der Waals surface area contributed by atoms with Gasteiger partial charge in [0, 0.05) is 24.4 Å². The van der Waals surface area contributed by atoms with Crippen LogP contribution in [0.1, 0.15) is 45.2 Å². The minimum Gasteiger partial charge on any atom is -0.463 e. The summed E-state index contributed by atoms with van der Waals surface area (Å²) in [5, 5.41) is 2.81. The number of ether oxygens (including phenoxy) is 1. The summed E-state index contributed by atoms with van der Waals surface area (Å²) in [7, 11) is 0. The molecule has 1 N–H and O–H groups in total. The molecular weight excluding hydrogens is 373 g/mol. The molecule has 2 amide bonds. The number of rotatable bonds is 6. The van der Waals surface area contributed by atoms with Crippen LogP contribution in [0.2, 0.25) is 0 Å². The lowest BCUT2D eigenvalue weighted by atomic mass is 9.93. The zero-order valence-electron chi connectivity index (χ0n) is 17.4. The normalized spacial score (nSPS) is 21.3. The van der Waals surface area contributed by atoms with Crippen molar-refractivity contribution in [3.05, 3.63) is 46.9 Å². The van der Waals surface area contributed by atoms with Crippen LogP contribution >= 0.6 is 0 Å². The number of likely N-dealkylation sites (N-methyl/N-ethyl adjacent to an activating group) is 1. The molecule has 1 unspecified atom stereocenters. The van der Waals surface area contributed by atoms with Gasteiger partial charge >= 0.3 is 12.0 Å². The number of carbonyl (C=O) groups excluding carboxylic acids is 2. The van der Waals surface area contributed by atoms with E-state index in [-0.39, 0.29) is 18.2 Å². The predicted octanol–water partition coefficient (Wildman–Crippen LogP) is 3.46. The second kappa shape index (κ2) is 9.39. The van der Waals surface area contributed by atoms with Crippen molar-refractivity contribution in [3.63, 3.8) is 0 Å². The topological polar surface area (TPSA) is 61.9 Å². The molecule has 29 heavy (non-hydrogen) atoms. The van der Waals surface area contributed by atoms with Crippen LogP contribution in [0.4, 0.5) is 9.18 Å². The molecule has 1 fully saturated rings. The molecular formula is C22H30FN3O3. The average Bonchev–Trinajstić information content (AvgIpc) is 2.70. The third-order valence-electron chi connectivity index (χ3n) is 5.72. The maximum Gasteiger partial charge on any atom is 0.338 e. The van der Waals surface area contributed by atoms with Gasteiger partial charge in [0.2, 0.25) is 0 Å². The molecule has 2 heterocycles.